The average Bonchev–Trinajstić information content (AvgIpc) is 2.92. The molecule has 1 N–H and O–H groups in total. The second-order valence-corrected chi connectivity index (χ2v) is 6.69. The largest absolute Gasteiger partial charge is 0.302 e. The van der Waals surface area contributed by atoms with Crippen molar-refractivity contribution in [2.24, 2.45) is 5.92 Å². The second-order valence-electron chi connectivity index (χ2n) is 5.30. The maximum Gasteiger partial charge on any atom is 0.142 e. The molecule has 0 aliphatic heterocycles. The molecule has 2 rings (SSSR count). The predicted molar refractivity (Wildman–Crippen MR) is 84.9 cm³/mol. The van der Waals surface area contributed by atoms with Gasteiger partial charge in [-0.05, 0) is 42.0 Å². The van der Waals surface area contributed by atoms with E-state index in [-0.39, 0.29) is 22.9 Å². The summed E-state index contributed by atoms with van der Waals surface area (Å²) in [5.41, 5.74) is 0.911. The van der Waals surface area contributed by atoms with Gasteiger partial charge in [0.05, 0.1) is 5.02 Å². The lowest BCUT2D eigenvalue weighted by atomic mass is 9.99. The molecular formula is C16H19ClFNS. The highest BCUT2D eigenvalue weighted by atomic mass is 35.5. The van der Waals surface area contributed by atoms with Crippen LogP contribution < -0.4 is 5.32 Å². The number of halogens is 2. The van der Waals surface area contributed by atoms with Gasteiger partial charge in [-0.15, -0.1) is 11.3 Å². The zero-order valence-electron chi connectivity index (χ0n) is 11.9. The summed E-state index contributed by atoms with van der Waals surface area (Å²) >= 11 is 7.47. The van der Waals surface area contributed by atoms with E-state index in [9.17, 15) is 4.39 Å². The maximum absolute atomic E-state index is 13.6. The van der Waals surface area contributed by atoms with Crippen LogP contribution in [0.15, 0.2) is 35.7 Å². The van der Waals surface area contributed by atoms with Gasteiger partial charge in [-0.1, -0.05) is 37.6 Å². The minimum Gasteiger partial charge on any atom is -0.302 e. The molecule has 1 nitrogen and oxygen atoms in total. The van der Waals surface area contributed by atoms with Gasteiger partial charge in [0.15, 0.2) is 0 Å². The highest BCUT2D eigenvalue weighted by molar-refractivity contribution is 7.10. The summed E-state index contributed by atoms with van der Waals surface area (Å²) in [5, 5.41) is 5.83. The summed E-state index contributed by atoms with van der Waals surface area (Å²) in [7, 11) is 0. The van der Waals surface area contributed by atoms with Gasteiger partial charge >= 0.3 is 0 Å². The molecule has 2 unspecified atom stereocenters. The van der Waals surface area contributed by atoms with Crippen molar-refractivity contribution >= 4 is 22.9 Å². The molecule has 0 fully saturated rings. The van der Waals surface area contributed by atoms with E-state index in [4.69, 9.17) is 11.6 Å². The summed E-state index contributed by atoms with van der Waals surface area (Å²) in [5.74, 6) is 0.100. The Morgan fingerprint density at radius 1 is 1.20 bits per heavy atom. The Morgan fingerprint density at radius 2 is 1.95 bits per heavy atom. The molecule has 0 amide bonds. The van der Waals surface area contributed by atoms with Crippen molar-refractivity contribution < 1.29 is 4.39 Å². The van der Waals surface area contributed by atoms with Crippen LogP contribution in [0.1, 0.15) is 43.3 Å². The molecule has 108 valence electrons. The molecule has 2 atom stereocenters. The van der Waals surface area contributed by atoms with E-state index in [2.05, 4.69) is 36.7 Å². The summed E-state index contributed by atoms with van der Waals surface area (Å²) in [6.45, 7) is 6.42. The monoisotopic (exact) mass is 311 g/mol. The molecule has 1 heterocycles. The Bertz CT molecular complexity index is 554. The fraction of sp³-hybridized carbons (Fsp3) is 0.375. The van der Waals surface area contributed by atoms with Crippen molar-refractivity contribution in [2.75, 3.05) is 0 Å². The first-order valence-electron chi connectivity index (χ1n) is 6.73. The molecule has 2 aromatic rings. The minimum atomic E-state index is -0.366. The molecule has 4 heteroatoms. The molecule has 20 heavy (non-hydrogen) atoms. The lowest BCUT2D eigenvalue weighted by Crippen LogP contribution is -2.27. The molecule has 1 aromatic heterocycles. The SMILES string of the molecule is CC(NC(c1cccs1)C(C)C)c1ccc(Cl)c(F)c1. The van der Waals surface area contributed by atoms with Crippen molar-refractivity contribution in [3.05, 3.63) is 57.0 Å². The number of hydrogen-bond donors (Lipinski definition) is 1. The van der Waals surface area contributed by atoms with Gasteiger partial charge in [0, 0.05) is 17.0 Å². The van der Waals surface area contributed by atoms with E-state index in [1.165, 1.54) is 10.9 Å². The van der Waals surface area contributed by atoms with Gasteiger partial charge < -0.3 is 5.32 Å². The normalized spacial score (nSPS) is 14.5. The van der Waals surface area contributed by atoms with Crippen LogP contribution in [0.2, 0.25) is 5.02 Å². The minimum absolute atomic E-state index is 0.0660. The van der Waals surface area contributed by atoms with E-state index in [1.54, 1.807) is 17.4 Å². The number of benzene rings is 1. The number of thiophene rings is 1. The van der Waals surface area contributed by atoms with Gasteiger partial charge in [0.2, 0.25) is 0 Å². The molecule has 0 spiro atoms. The van der Waals surface area contributed by atoms with E-state index >= 15 is 0 Å². The van der Waals surface area contributed by atoms with Crippen LogP contribution in [0.5, 0.6) is 0 Å². The molecule has 1 aromatic carbocycles. The molecule has 0 saturated carbocycles. The zero-order chi connectivity index (χ0) is 14.7. The van der Waals surface area contributed by atoms with Crippen molar-refractivity contribution in [3.8, 4) is 0 Å². The van der Waals surface area contributed by atoms with Crippen LogP contribution in [0.4, 0.5) is 4.39 Å². The quantitative estimate of drug-likeness (QED) is 0.759. The van der Waals surface area contributed by atoms with Crippen LogP contribution in [-0.4, -0.2) is 0 Å². The van der Waals surface area contributed by atoms with Crippen LogP contribution in [0.3, 0.4) is 0 Å². The van der Waals surface area contributed by atoms with Crippen LogP contribution in [0, 0.1) is 11.7 Å². The molecular weight excluding hydrogens is 293 g/mol. The van der Waals surface area contributed by atoms with E-state index in [1.807, 2.05) is 13.0 Å². The molecule has 0 aliphatic carbocycles. The Hall–Kier alpha value is -0.900. The summed E-state index contributed by atoms with van der Waals surface area (Å²) in [6.07, 6.45) is 0. The lowest BCUT2D eigenvalue weighted by molar-refractivity contribution is 0.379. The van der Waals surface area contributed by atoms with Gasteiger partial charge in [-0.2, -0.15) is 0 Å². The Kier molecular flexibility index (Phi) is 5.19. The van der Waals surface area contributed by atoms with Crippen LogP contribution in [-0.2, 0) is 0 Å². The zero-order valence-corrected chi connectivity index (χ0v) is 13.4. The van der Waals surface area contributed by atoms with E-state index in [0.29, 0.717) is 5.92 Å². The Labute approximate surface area is 128 Å². The fourth-order valence-corrected chi connectivity index (χ4v) is 3.29. The second kappa shape index (κ2) is 6.70. The van der Waals surface area contributed by atoms with Crippen molar-refractivity contribution in [3.63, 3.8) is 0 Å². The Balaban J connectivity index is 2.16. The fourth-order valence-electron chi connectivity index (χ4n) is 2.22. The molecule has 0 bridgehead atoms. The number of hydrogen-bond acceptors (Lipinski definition) is 2. The number of rotatable bonds is 5. The van der Waals surface area contributed by atoms with Gasteiger partial charge in [0.1, 0.15) is 5.82 Å². The van der Waals surface area contributed by atoms with Crippen molar-refractivity contribution in [1.29, 1.82) is 0 Å². The van der Waals surface area contributed by atoms with Gasteiger partial charge in [-0.3, -0.25) is 0 Å². The van der Waals surface area contributed by atoms with Crippen LogP contribution in [0.25, 0.3) is 0 Å². The highest BCUT2D eigenvalue weighted by Gasteiger charge is 2.20. The first-order valence-corrected chi connectivity index (χ1v) is 7.99. The van der Waals surface area contributed by atoms with Gasteiger partial charge in [-0.25, -0.2) is 4.39 Å². The summed E-state index contributed by atoms with van der Waals surface area (Å²) < 4.78 is 13.6. The maximum atomic E-state index is 13.6. The molecule has 0 saturated heterocycles. The molecule has 0 aliphatic rings. The first-order chi connectivity index (χ1) is 9.49. The standard InChI is InChI=1S/C16H19ClFNS/c1-10(2)16(15-5-4-8-20-15)19-11(3)12-6-7-13(17)14(18)9-12/h4-11,16,19H,1-3H3. The number of nitrogens with one attached hydrogen (secondary N) is 1. The van der Waals surface area contributed by atoms with E-state index in [0.717, 1.165) is 5.56 Å². The average molecular weight is 312 g/mol. The van der Waals surface area contributed by atoms with Crippen molar-refractivity contribution in [2.45, 2.75) is 32.9 Å². The third-order valence-electron chi connectivity index (χ3n) is 3.39. The predicted octanol–water partition coefficient (Wildman–Crippen LogP) is 5.59. The first kappa shape index (κ1) is 15.5. The van der Waals surface area contributed by atoms with Gasteiger partial charge in [0.25, 0.3) is 0 Å². The highest BCUT2D eigenvalue weighted by Crippen LogP contribution is 2.29. The van der Waals surface area contributed by atoms with Crippen LogP contribution >= 0.6 is 22.9 Å². The lowest BCUT2D eigenvalue weighted by Gasteiger charge is -2.26. The smallest absolute Gasteiger partial charge is 0.142 e. The third kappa shape index (κ3) is 3.60. The van der Waals surface area contributed by atoms with E-state index < -0.39 is 0 Å². The third-order valence-corrected chi connectivity index (χ3v) is 4.65. The summed E-state index contributed by atoms with van der Waals surface area (Å²) in [4.78, 5) is 1.31. The molecule has 0 radical (unpaired) electrons. The Morgan fingerprint density at radius 3 is 2.50 bits per heavy atom. The van der Waals surface area contributed by atoms with Crippen molar-refractivity contribution in [1.82, 2.24) is 5.32 Å². The summed E-state index contributed by atoms with van der Waals surface area (Å²) in [6, 6.07) is 9.52. The topological polar surface area (TPSA) is 12.0 Å².